The number of phosphoric ester groups is 1. The van der Waals surface area contributed by atoms with Gasteiger partial charge in [-0.3, -0.25) is 13.8 Å². The fraction of sp³-hybridized carbons (Fsp3) is 0.921. The van der Waals surface area contributed by atoms with Crippen molar-refractivity contribution in [1.29, 1.82) is 0 Å². The molecule has 0 aliphatic rings. The number of phosphoric acid groups is 1. The molecule has 0 spiro atoms. The highest BCUT2D eigenvalue weighted by molar-refractivity contribution is 7.47. The molecule has 48 heavy (non-hydrogen) atoms. The van der Waals surface area contributed by atoms with Gasteiger partial charge < -0.3 is 24.6 Å². The third-order valence-corrected chi connectivity index (χ3v) is 9.40. The molecule has 10 heteroatoms. The fourth-order valence-corrected chi connectivity index (χ4v) is 6.20. The van der Waals surface area contributed by atoms with Crippen LogP contribution in [-0.4, -0.2) is 66.3 Å². The van der Waals surface area contributed by atoms with Crippen LogP contribution in [0.2, 0.25) is 0 Å². The molecule has 0 heterocycles. The van der Waals surface area contributed by atoms with Crippen LogP contribution in [0.3, 0.4) is 0 Å². The lowest BCUT2D eigenvalue weighted by atomic mass is 10.0. The van der Waals surface area contributed by atoms with Crippen LogP contribution in [0.15, 0.2) is 12.2 Å². The smallest absolute Gasteiger partial charge is 0.457 e. The number of allylic oxidation sites excluding steroid dienone is 2. The van der Waals surface area contributed by atoms with Gasteiger partial charge in [-0.15, -0.1) is 0 Å². The lowest BCUT2D eigenvalue weighted by Gasteiger charge is -2.20. The summed E-state index contributed by atoms with van der Waals surface area (Å²) in [5.41, 5.74) is 0. The zero-order chi connectivity index (χ0) is 35.4. The van der Waals surface area contributed by atoms with Crippen LogP contribution < -0.4 is 0 Å². The summed E-state index contributed by atoms with van der Waals surface area (Å²) < 4.78 is 33.2. The Morgan fingerprint density at radius 1 is 0.625 bits per heavy atom. The van der Waals surface area contributed by atoms with Crippen LogP contribution in [0.25, 0.3) is 0 Å². The first-order chi connectivity index (χ1) is 23.3. The predicted octanol–water partition coefficient (Wildman–Crippen LogP) is 10.1. The Kier molecular flexibility index (Phi) is 35.4. The van der Waals surface area contributed by atoms with Crippen LogP contribution in [-0.2, 0) is 27.9 Å². The summed E-state index contributed by atoms with van der Waals surface area (Å²) in [6.07, 6.45) is 33.1. The summed E-state index contributed by atoms with van der Waals surface area (Å²) >= 11 is 0. The Bertz CT molecular complexity index is 764. The zero-order valence-corrected chi connectivity index (χ0v) is 31.9. The minimum atomic E-state index is -4.51. The van der Waals surface area contributed by atoms with Gasteiger partial charge in [0.05, 0.1) is 26.4 Å². The second kappa shape index (κ2) is 36.0. The summed E-state index contributed by atoms with van der Waals surface area (Å²) in [6, 6.07) is 0. The molecule has 3 N–H and O–H groups in total. The Balaban J connectivity index is 4.20. The first-order valence-corrected chi connectivity index (χ1v) is 21.2. The first kappa shape index (κ1) is 47.2. The molecular weight excluding hydrogens is 631 g/mol. The van der Waals surface area contributed by atoms with Crippen LogP contribution in [0.5, 0.6) is 0 Å². The lowest BCUT2D eigenvalue weighted by Crippen LogP contribution is -2.29. The van der Waals surface area contributed by atoms with Crippen molar-refractivity contribution in [2.75, 3.05) is 33.0 Å². The molecule has 0 saturated heterocycles. The third-order valence-electron chi connectivity index (χ3n) is 8.45. The molecule has 0 aliphatic heterocycles. The second-order valence-electron chi connectivity index (χ2n) is 13.3. The number of esters is 1. The molecule has 3 unspecified atom stereocenters. The molecule has 3 atom stereocenters. The SMILES string of the molecule is CCCCCCC/C=C\CCCCCCCCOCC(COP(=O)(O)OCC(O)CO)OC(=O)CCCCCCCCCCCCCC. The van der Waals surface area contributed by atoms with Gasteiger partial charge in [0, 0.05) is 13.0 Å². The van der Waals surface area contributed by atoms with E-state index in [1.807, 2.05) is 0 Å². The maximum atomic E-state index is 12.5. The van der Waals surface area contributed by atoms with E-state index >= 15 is 0 Å². The van der Waals surface area contributed by atoms with Crippen molar-refractivity contribution >= 4 is 13.8 Å². The summed E-state index contributed by atoms with van der Waals surface area (Å²) in [5.74, 6) is -0.384. The average molecular weight is 707 g/mol. The molecule has 0 rings (SSSR count). The number of carbonyl (C=O) groups excluding carboxylic acids is 1. The van der Waals surface area contributed by atoms with Gasteiger partial charge in [-0.25, -0.2) is 4.57 Å². The monoisotopic (exact) mass is 707 g/mol. The number of hydrogen-bond donors (Lipinski definition) is 3. The van der Waals surface area contributed by atoms with E-state index in [1.165, 1.54) is 116 Å². The standard InChI is InChI=1S/C38H75O9P/c1-3-5-7-9-11-13-15-17-18-19-21-23-25-27-29-31-44-34-37(35-46-48(42,43)45-33-36(40)32-39)47-38(41)30-28-26-24-22-20-16-14-12-10-8-6-4-2/h15,17,36-37,39-40H,3-14,16,18-35H2,1-2H3,(H,42,43)/b17-15-. The number of hydrogen-bond acceptors (Lipinski definition) is 8. The molecule has 0 aliphatic carbocycles. The van der Waals surface area contributed by atoms with Gasteiger partial charge in [0.2, 0.25) is 0 Å². The molecule has 286 valence electrons. The maximum absolute atomic E-state index is 12.5. The van der Waals surface area contributed by atoms with E-state index in [9.17, 15) is 19.4 Å². The summed E-state index contributed by atoms with van der Waals surface area (Å²) in [4.78, 5) is 22.5. The van der Waals surface area contributed by atoms with Crippen molar-refractivity contribution in [2.45, 2.75) is 193 Å². The highest BCUT2D eigenvalue weighted by Gasteiger charge is 2.26. The van der Waals surface area contributed by atoms with Gasteiger partial charge in [-0.2, -0.15) is 0 Å². The van der Waals surface area contributed by atoms with Gasteiger partial charge >= 0.3 is 13.8 Å². The van der Waals surface area contributed by atoms with Crippen molar-refractivity contribution in [1.82, 2.24) is 0 Å². The normalized spacial score (nSPS) is 14.4. The molecule has 0 bridgehead atoms. The molecule has 0 radical (unpaired) electrons. The highest BCUT2D eigenvalue weighted by Crippen LogP contribution is 2.43. The van der Waals surface area contributed by atoms with Gasteiger partial charge in [-0.05, 0) is 38.5 Å². The molecule has 9 nitrogen and oxygen atoms in total. The minimum absolute atomic E-state index is 0.0500. The van der Waals surface area contributed by atoms with E-state index in [1.54, 1.807) is 0 Å². The van der Waals surface area contributed by atoms with Crippen LogP contribution >= 0.6 is 7.82 Å². The van der Waals surface area contributed by atoms with E-state index in [0.29, 0.717) is 6.61 Å². The molecule has 0 aromatic carbocycles. The Labute approximate surface area is 294 Å². The van der Waals surface area contributed by atoms with Crippen LogP contribution in [0.1, 0.15) is 181 Å². The van der Waals surface area contributed by atoms with Crippen molar-refractivity contribution in [3.63, 3.8) is 0 Å². The number of unbranched alkanes of at least 4 members (excludes halogenated alkanes) is 22. The number of carbonyl (C=O) groups is 1. The van der Waals surface area contributed by atoms with E-state index in [-0.39, 0.29) is 25.6 Å². The van der Waals surface area contributed by atoms with Gasteiger partial charge in [0.25, 0.3) is 0 Å². The summed E-state index contributed by atoms with van der Waals surface area (Å²) in [5, 5.41) is 18.3. The molecule has 0 aromatic heterocycles. The maximum Gasteiger partial charge on any atom is 0.472 e. The van der Waals surface area contributed by atoms with Gasteiger partial charge in [-0.1, -0.05) is 148 Å². The largest absolute Gasteiger partial charge is 0.472 e. The topological polar surface area (TPSA) is 132 Å². The number of aliphatic hydroxyl groups is 2. The van der Waals surface area contributed by atoms with Crippen molar-refractivity contribution < 1.29 is 43.0 Å². The number of rotatable bonds is 38. The third kappa shape index (κ3) is 35.0. The molecule has 0 aromatic rings. The van der Waals surface area contributed by atoms with Crippen molar-refractivity contribution in [3.8, 4) is 0 Å². The Morgan fingerprint density at radius 3 is 1.56 bits per heavy atom. The van der Waals surface area contributed by atoms with E-state index in [2.05, 4.69) is 26.0 Å². The van der Waals surface area contributed by atoms with Crippen LogP contribution in [0, 0.1) is 0 Å². The quantitative estimate of drug-likeness (QED) is 0.0248. The summed E-state index contributed by atoms with van der Waals surface area (Å²) in [7, 11) is -4.51. The van der Waals surface area contributed by atoms with Crippen molar-refractivity contribution in [3.05, 3.63) is 12.2 Å². The number of ether oxygens (including phenoxy) is 2. The van der Waals surface area contributed by atoms with E-state index in [4.69, 9.17) is 23.6 Å². The highest BCUT2D eigenvalue weighted by atomic mass is 31.2. The average Bonchev–Trinajstić information content (AvgIpc) is 3.07. The number of aliphatic hydroxyl groups excluding tert-OH is 2. The molecule has 0 fully saturated rings. The van der Waals surface area contributed by atoms with Crippen molar-refractivity contribution in [2.24, 2.45) is 0 Å². The molecular formula is C38H75O9P. The first-order valence-electron chi connectivity index (χ1n) is 19.7. The molecule has 0 saturated carbocycles. The zero-order valence-electron chi connectivity index (χ0n) is 31.0. The lowest BCUT2D eigenvalue weighted by molar-refractivity contribution is -0.154. The Morgan fingerprint density at radius 2 is 1.06 bits per heavy atom. The van der Waals surface area contributed by atoms with Crippen LogP contribution in [0.4, 0.5) is 0 Å². The second-order valence-corrected chi connectivity index (χ2v) is 14.8. The summed E-state index contributed by atoms with van der Waals surface area (Å²) in [6.45, 7) is 3.51. The predicted molar refractivity (Wildman–Crippen MR) is 196 cm³/mol. The Hall–Kier alpha value is -0.800. The van der Waals surface area contributed by atoms with E-state index < -0.39 is 33.2 Å². The minimum Gasteiger partial charge on any atom is -0.457 e. The van der Waals surface area contributed by atoms with E-state index in [0.717, 1.165) is 44.9 Å². The van der Waals surface area contributed by atoms with Gasteiger partial charge in [0.1, 0.15) is 12.2 Å². The van der Waals surface area contributed by atoms with Gasteiger partial charge in [0.15, 0.2) is 0 Å². The molecule has 0 amide bonds. The fourth-order valence-electron chi connectivity index (χ4n) is 5.41.